The quantitative estimate of drug-likeness (QED) is 0.445. The Labute approximate surface area is 116 Å². The van der Waals surface area contributed by atoms with Crippen LogP contribution in [0, 0.1) is 0 Å². The normalized spacial score (nSPS) is 16.5. The Bertz CT molecular complexity index is 229. The molecule has 0 N–H and O–H groups in total. The summed E-state index contributed by atoms with van der Waals surface area (Å²) in [5.74, 6) is -0.126. The van der Waals surface area contributed by atoms with Crippen molar-refractivity contribution in [2.75, 3.05) is 52.7 Å². The van der Waals surface area contributed by atoms with E-state index in [0.717, 1.165) is 19.6 Å². The lowest BCUT2D eigenvalue weighted by Gasteiger charge is -2.25. The molecule has 0 saturated carbocycles. The highest BCUT2D eigenvalue weighted by molar-refractivity contribution is 5.69. The summed E-state index contributed by atoms with van der Waals surface area (Å²) in [6.07, 6.45) is 4.31. The zero-order valence-corrected chi connectivity index (χ0v) is 12.1. The van der Waals surface area contributed by atoms with Crippen molar-refractivity contribution in [3.05, 3.63) is 0 Å². The molecule has 0 amide bonds. The molecule has 0 aliphatic carbocycles. The van der Waals surface area contributed by atoms with Crippen LogP contribution in [0.15, 0.2) is 0 Å². The summed E-state index contributed by atoms with van der Waals surface area (Å²) in [7, 11) is 0. The minimum absolute atomic E-state index is 0.126. The molecule has 0 unspecified atom stereocenters. The van der Waals surface area contributed by atoms with Crippen LogP contribution in [-0.2, 0) is 19.0 Å². The fourth-order valence-electron chi connectivity index (χ4n) is 2.08. The van der Waals surface area contributed by atoms with Crippen LogP contribution in [0.25, 0.3) is 0 Å². The van der Waals surface area contributed by atoms with Crippen LogP contribution >= 0.6 is 0 Å². The molecule has 5 heteroatoms. The third-order valence-electron chi connectivity index (χ3n) is 3.15. The molecule has 112 valence electrons. The van der Waals surface area contributed by atoms with Crippen molar-refractivity contribution in [1.29, 1.82) is 0 Å². The molecule has 0 radical (unpaired) electrons. The second kappa shape index (κ2) is 11.2. The van der Waals surface area contributed by atoms with E-state index in [0.29, 0.717) is 39.5 Å². The van der Waals surface area contributed by atoms with Crippen molar-refractivity contribution in [2.45, 2.75) is 32.6 Å². The van der Waals surface area contributed by atoms with Gasteiger partial charge in [-0.1, -0.05) is 6.42 Å². The summed E-state index contributed by atoms with van der Waals surface area (Å²) in [6.45, 7) is 7.65. The van der Waals surface area contributed by atoms with Gasteiger partial charge in [-0.05, 0) is 32.9 Å². The van der Waals surface area contributed by atoms with Crippen molar-refractivity contribution >= 4 is 5.97 Å². The first-order chi connectivity index (χ1) is 9.33. The number of likely N-dealkylation sites (tertiary alicyclic amines) is 1. The van der Waals surface area contributed by atoms with Crippen LogP contribution in [0.1, 0.15) is 32.6 Å². The van der Waals surface area contributed by atoms with Gasteiger partial charge < -0.3 is 19.1 Å². The van der Waals surface area contributed by atoms with Crippen LogP contribution in [-0.4, -0.2) is 63.5 Å². The van der Waals surface area contributed by atoms with Gasteiger partial charge in [0, 0.05) is 13.2 Å². The summed E-state index contributed by atoms with van der Waals surface area (Å²) in [5, 5.41) is 0. The number of ether oxygens (including phenoxy) is 3. The lowest BCUT2D eigenvalue weighted by Crippen LogP contribution is -2.32. The Morgan fingerprint density at radius 2 is 1.68 bits per heavy atom. The first-order valence-corrected chi connectivity index (χ1v) is 7.36. The highest BCUT2D eigenvalue weighted by Crippen LogP contribution is 2.08. The molecule has 1 aliphatic heterocycles. The van der Waals surface area contributed by atoms with Crippen LogP contribution < -0.4 is 0 Å². The van der Waals surface area contributed by atoms with Crippen molar-refractivity contribution in [3.8, 4) is 0 Å². The predicted octanol–water partition coefficient (Wildman–Crippen LogP) is 1.46. The predicted molar refractivity (Wildman–Crippen MR) is 73.2 cm³/mol. The molecule has 1 rings (SSSR count). The largest absolute Gasteiger partial charge is 0.463 e. The molecule has 0 bridgehead atoms. The SMILES string of the molecule is CCOCCOCCOC(=O)CCN1CCCCC1. The standard InChI is InChI=1S/C14H27NO4/c1-2-17-10-11-18-12-13-19-14(16)6-9-15-7-4-3-5-8-15/h2-13H2,1H3. The maximum absolute atomic E-state index is 11.5. The smallest absolute Gasteiger partial charge is 0.307 e. The highest BCUT2D eigenvalue weighted by Gasteiger charge is 2.12. The van der Waals surface area contributed by atoms with E-state index in [9.17, 15) is 4.79 Å². The number of carbonyl (C=O) groups excluding carboxylic acids is 1. The van der Waals surface area contributed by atoms with Crippen LogP contribution in [0.2, 0.25) is 0 Å². The molecular formula is C14H27NO4. The average molecular weight is 273 g/mol. The maximum Gasteiger partial charge on any atom is 0.307 e. The Hall–Kier alpha value is -0.650. The molecule has 1 aliphatic rings. The van der Waals surface area contributed by atoms with E-state index in [1.165, 1.54) is 19.3 Å². The monoisotopic (exact) mass is 273 g/mol. The van der Waals surface area contributed by atoms with E-state index in [-0.39, 0.29) is 5.97 Å². The number of hydrogen-bond donors (Lipinski definition) is 0. The van der Waals surface area contributed by atoms with Gasteiger partial charge >= 0.3 is 5.97 Å². The molecule has 5 nitrogen and oxygen atoms in total. The Balaban J connectivity index is 1.87. The lowest BCUT2D eigenvalue weighted by molar-refractivity contribution is -0.145. The Morgan fingerprint density at radius 1 is 1.00 bits per heavy atom. The van der Waals surface area contributed by atoms with Gasteiger partial charge in [-0.2, -0.15) is 0 Å². The van der Waals surface area contributed by atoms with Gasteiger partial charge in [0.2, 0.25) is 0 Å². The zero-order chi connectivity index (χ0) is 13.8. The molecule has 0 aromatic heterocycles. The summed E-state index contributed by atoms with van der Waals surface area (Å²) < 4.78 is 15.5. The second-order valence-corrected chi connectivity index (χ2v) is 4.68. The van der Waals surface area contributed by atoms with Crippen molar-refractivity contribution in [3.63, 3.8) is 0 Å². The summed E-state index contributed by atoms with van der Waals surface area (Å²) >= 11 is 0. The Morgan fingerprint density at radius 3 is 2.42 bits per heavy atom. The number of nitrogens with zero attached hydrogens (tertiary/aromatic N) is 1. The fraction of sp³-hybridized carbons (Fsp3) is 0.929. The summed E-state index contributed by atoms with van der Waals surface area (Å²) in [4.78, 5) is 13.8. The number of piperidine rings is 1. The third kappa shape index (κ3) is 8.97. The fourth-order valence-corrected chi connectivity index (χ4v) is 2.08. The molecule has 0 spiro atoms. The minimum Gasteiger partial charge on any atom is -0.463 e. The maximum atomic E-state index is 11.5. The summed E-state index contributed by atoms with van der Waals surface area (Å²) in [5.41, 5.74) is 0. The summed E-state index contributed by atoms with van der Waals surface area (Å²) in [6, 6.07) is 0. The van der Waals surface area contributed by atoms with E-state index in [1.807, 2.05) is 6.92 Å². The van der Waals surface area contributed by atoms with Gasteiger partial charge in [-0.15, -0.1) is 0 Å². The molecule has 19 heavy (non-hydrogen) atoms. The first-order valence-electron chi connectivity index (χ1n) is 7.36. The van der Waals surface area contributed by atoms with E-state index < -0.39 is 0 Å². The molecule has 1 saturated heterocycles. The molecule has 1 heterocycles. The number of carbonyl (C=O) groups is 1. The van der Waals surface area contributed by atoms with Gasteiger partial charge in [0.05, 0.1) is 26.2 Å². The second-order valence-electron chi connectivity index (χ2n) is 4.68. The van der Waals surface area contributed by atoms with Crippen molar-refractivity contribution < 1.29 is 19.0 Å². The Kier molecular flexibility index (Phi) is 9.67. The van der Waals surface area contributed by atoms with E-state index >= 15 is 0 Å². The van der Waals surface area contributed by atoms with Gasteiger partial charge in [0.25, 0.3) is 0 Å². The lowest BCUT2D eigenvalue weighted by atomic mass is 10.1. The van der Waals surface area contributed by atoms with Crippen LogP contribution in [0.5, 0.6) is 0 Å². The average Bonchev–Trinajstić information content (AvgIpc) is 2.45. The zero-order valence-electron chi connectivity index (χ0n) is 12.1. The van der Waals surface area contributed by atoms with E-state index in [2.05, 4.69) is 4.90 Å². The molecular weight excluding hydrogens is 246 g/mol. The number of esters is 1. The van der Waals surface area contributed by atoms with Gasteiger partial charge in [0.1, 0.15) is 6.61 Å². The minimum atomic E-state index is -0.126. The van der Waals surface area contributed by atoms with E-state index in [4.69, 9.17) is 14.2 Å². The van der Waals surface area contributed by atoms with E-state index in [1.54, 1.807) is 0 Å². The van der Waals surface area contributed by atoms with Gasteiger partial charge in [-0.25, -0.2) is 0 Å². The van der Waals surface area contributed by atoms with Crippen molar-refractivity contribution in [1.82, 2.24) is 4.90 Å². The van der Waals surface area contributed by atoms with Crippen LogP contribution in [0.3, 0.4) is 0 Å². The molecule has 0 aromatic carbocycles. The van der Waals surface area contributed by atoms with Gasteiger partial charge in [0.15, 0.2) is 0 Å². The molecule has 0 atom stereocenters. The topological polar surface area (TPSA) is 48.0 Å². The van der Waals surface area contributed by atoms with Crippen LogP contribution in [0.4, 0.5) is 0 Å². The number of hydrogen-bond acceptors (Lipinski definition) is 5. The molecule has 1 fully saturated rings. The number of rotatable bonds is 10. The highest BCUT2D eigenvalue weighted by atomic mass is 16.6. The molecule has 0 aromatic rings. The van der Waals surface area contributed by atoms with Crippen molar-refractivity contribution in [2.24, 2.45) is 0 Å². The first kappa shape index (κ1) is 16.4. The third-order valence-corrected chi connectivity index (χ3v) is 3.15. The van der Waals surface area contributed by atoms with Gasteiger partial charge in [-0.3, -0.25) is 4.79 Å².